The second-order valence-corrected chi connectivity index (χ2v) is 17.5. The molecule has 5 aliphatic carbocycles. The summed E-state index contributed by atoms with van der Waals surface area (Å²) in [4.78, 5) is 47.6. The predicted octanol–water partition coefficient (Wildman–Crippen LogP) is 7.75. The van der Waals surface area contributed by atoms with E-state index in [0.29, 0.717) is 5.92 Å². The summed E-state index contributed by atoms with van der Waals surface area (Å²) < 4.78 is 0. The Hall–Kier alpha value is -2.42. The zero-order valence-electron chi connectivity index (χ0n) is 27.9. The van der Waals surface area contributed by atoms with Crippen molar-refractivity contribution >= 4 is 17.6 Å². The summed E-state index contributed by atoms with van der Waals surface area (Å²) in [5, 5.41) is 3.63. The molecule has 0 bridgehead atoms. The number of nitrogens with zero attached hydrogens (tertiary/aromatic N) is 2. The predicted molar refractivity (Wildman–Crippen MR) is 169 cm³/mol. The average molecular weight is 588 g/mol. The second-order valence-electron chi connectivity index (χ2n) is 17.5. The molecule has 7 atom stereocenters. The number of nitrogens with one attached hydrogen (secondary N) is 1. The third-order valence-electron chi connectivity index (χ3n) is 14.3. The SMILES string of the molecule is [C-]#[N+]C1=C[C@]2(C)C3=CC(=O)C4C5CC(C)(C)CC[C@]5(NC(=O)N5CCC(C)CC5)CC[C@@]4(C)[C@]3(C)CC[C@H]2C(C)(C)C1=O. The molecule has 234 valence electrons. The van der Waals surface area contributed by atoms with Crippen molar-refractivity contribution in [1.29, 1.82) is 0 Å². The molecular formula is C37H53N3O3. The summed E-state index contributed by atoms with van der Waals surface area (Å²) in [6.07, 6.45) is 12.5. The molecule has 6 aliphatic rings. The summed E-state index contributed by atoms with van der Waals surface area (Å²) in [5.74, 6) is 0.748. The lowest BCUT2D eigenvalue weighted by Gasteiger charge is -2.69. The molecule has 4 fully saturated rings. The van der Waals surface area contributed by atoms with E-state index < -0.39 is 10.8 Å². The molecule has 1 N–H and O–H groups in total. The highest BCUT2D eigenvalue weighted by atomic mass is 16.2. The number of ketones is 2. The van der Waals surface area contributed by atoms with Gasteiger partial charge in [0.1, 0.15) is 0 Å². The standard InChI is InChI=1S/C37H53N3O3/c1-23-11-18-40(19-12-23)31(43)39-37-16-14-32(2,3)21-24(37)29-26(41)20-28-34(6)22-25(38-9)30(42)33(4,5)27(34)10-13-35(28,7)36(29,8)15-17-37/h20,22-24,27,29H,10-19,21H2,1-8H3,(H,39,43)/t24?,27-,29?,34-,35+,36+,37-/m0/s1. The smallest absolute Gasteiger partial charge is 0.317 e. The van der Waals surface area contributed by atoms with Gasteiger partial charge in [-0.25, -0.2) is 9.64 Å². The molecule has 0 aromatic carbocycles. The van der Waals surface area contributed by atoms with Crippen LogP contribution in [0.5, 0.6) is 0 Å². The Bertz CT molecular complexity index is 1360. The van der Waals surface area contributed by atoms with Crippen LogP contribution in [0.4, 0.5) is 4.79 Å². The number of carbonyl (C=O) groups excluding carboxylic acids is 3. The summed E-state index contributed by atoms with van der Waals surface area (Å²) >= 11 is 0. The quantitative estimate of drug-likeness (QED) is 0.319. The average Bonchev–Trinajstić information content (AvgIpc) is 2.93. The highest BCUT2D eigenvalue weighted by Crippen LogP contribution is 2.73. The summed E-state index contributed by atoms with van der Waals surface area (Å²) in [6, 6.07) is 0.0600. The summed E-state index contributed by atoms with van der Waals surface area (Å²) in [6.45, 7) is 27.3. The van der Waals surface area contributed by atoms with Gasteiger partial charge in [-0.1, -0.05) is 67.0 Å². The fourth-order valence-electron chi connectivity index (χ4n) is 11.3. The zero-order chi connectivity index (χ0) is 31.4. The zero-order valence-corrected chi connectivity index (χ0v) is 27.9. The first kappa shape index (κ1) is 30.6. The maximum atomic E-state index is 14.7. The molecule has 1 aliphatic heterocycles. The number of amides is 2. The van der Waals surface area contributed by atoms with Crippen LogP contribution in [0.1, 0.15) is 113 Å². The maximum absolute atomic E-state index is 14.7. The highest BCUT2D eigenvalue weighted by Gasteiger charge is 2.70. The molecule has 0 aromatic rings. The Labute approximate surface area is 259 Å². The third kappa shape index (κ3) is 4.18. The van der Waals surface area contributed by atoms with E-state index in [9.17, 15) is 14.4 Å². The van der Waals surface area contributed by atoms with Crippen molar-refractivity contribution in [2.75, 3.05) is 13.1 Å². The molecule has 6 rings (SSSR count). The van der Waals surface area contributed by atoms with Crippen molar-refractivity contribution in [3.05, 3.63) is 34.8 Å². The number of hydrogen-bond donors (Lipinski definition) is 1. The lowest BCUT2D eigenvalue weighted by Crippen LogP contribution is -2.70. The number of piperidine rings is 1. The van der Waals surface area contributed by atoms with Crippen molar-refractivity contribution in [3.63, 3.8) is 0 Å². The Balaban J connectivity index is 1.43. The van der Waals surface area contributed by atoms with Crippen LogP contribution >= 0.6 is 0 Å². The van der Waals surface area contributed by atoms with Gasteiger partial charge in [0.15, 0.2) is 11.6 Å². The molecule has 2 unspecified atom stereocenters. The number of hydrogen-bond acceptors (Lipinski definition) is 3. The molecule has 43 heavy (non-hydrogen) atoms. The molecule has 6 heteroatoms. The van der Waals surface area contributed by atoms with Gasteiger partial charge in [0, 0.05) is 35.4 Å². The van der Waals surface area contributed by atoms with E-state index in [1.165, 1.54) is 0 Å². The topological polar surface area (TPSA) is 70.8 Å². The molecule has 0 radical (unpaired) electrons. The van der Waals surface area contributed by atoms with Crippen LogP contribution in [0.15, 0.2) is 23.4 Å². The van der Waals surface area contributed by atoms with Crippen LogP contribution in [0.2, 0.25) is 0 Å². The second kappa shape index (κ2) is 9.54. The van der Waals surface area contributed by atoms with Gasteiger partial charge in [0.2, 0.25) is 5.70 Å². The van der Waals surface area contributed by atoms with E-state index >= 15 is 0 Å². The van der Waals surface area contributed by atoms with Gasteiger partial charge in [0.05, 0.1) is 6.57 Å². The van der Waals surface area contributed by atoms with Crippen LogP contribution < -0.4 is 5.32 Å². The molecular weight excluding hydrogens is 534 g/mol. The Kier molecular flexibility index (Phi) is 6.79. The van der Waals surface area contributed by atoms with Gasteiger partial charge in [-0.05, 0) is 97.9 Å². The lowest BCUT2D eigenvalue weighted by molar-refractivity contribution is -0.160. The van der Waals surface area contributed by atoms with Gasteiger partial charge in [0.25, 0.3) is 0 Å². The Morgan fingerprint density at radius 3 is 2.26 bits per heavy atom. The molecule has 1 saturated heterocycles. The first-order valence-corrected chi connectivity index (χ1v) is 16.9. The van der Waals surface area contributed by atoms with Gasteiger partial charge in [-0.15, -0.1) is 0 Å². The summed E-state index contributed by atoms with van der Waals surface area (Å²) in [5.41, 5.74) is -0.589. The first-order chi connectivity index (χ1) is 19.9. The fraction of sp³-hybridized carbons (Fsp3) is 0.784. The van der Waals surface area contributed by atoms with Crippen LogP contribution in [-0.4, -0.2) is 41.1 Å². The van der Waals surface area contributed by atoms with Crippen LogP contribution in [-0.2, 0) is 9.59 Å². The number of Topliss-reactive ketones (excluding diaryl/α,β-unsaturated/α-hetero) is 1. The number of fused-ring (bicyclic) bond motifs is 7. The normalized spacial score (nSPS) is 43.6. The minimum atomic E-state index is -0.655. The van der Waals surface area contributed by atoms with Gasteiger partial charge < -0.3 is 15.0 Å². The number of rotatable bonds is 1. The van der Waals surface area contributed by atoms with Gasteiger partial charge in [-0.2, -0.15) is 0 Å². The van der Waals surface area contributed by atoms with Crippen molar-refractivity contribution in [3.8, 4) is 0 Å². The fourth-order valence-corrected chi connectivity index (χ4v) is 11.3. The lowest BCUT2D eigenvalue weighted by atomic mass is 9.35. The van der Waals surface area contributed by atoms with E-state index in [2.05, 4.69) is 51.7 Å². The van der Waals surface area contributed by atoms with Gasteiger partial charge >= 0.3 is 6.03 Å². The molecule has 0 spiro atoms. The molecule has 0 aromatic heterocycles. The molecule has 3 saturated carbocycles. The minimum Gasteiger partial charge on any atom is -0.332 e. The number of urea groups is 1. The van der Waals surface area contributed by atoms with E-state index in [4.69, 9.17) is 6.57 Å². The van der Waals surface area contributed by atoms with E-state index in [0.717, 1.165) is 76.5 Å². The number of likely N-dealkylation sites (tertiary alicyclic amines) is 1. The van der Waals surface area contributed by atoms with Crippen molar-refractivity contribution < 1.29 is 14.4 Å². The Morgan fingerprint density at radius 1 is 0.953 bits per heavy atom. The van der Waals surface area contributed by atoms with Crippen LogP contribution in [0.25, 0.3) is 4.85 Å². The minimum absolute atomic E-state index is 0.0492. The van der Waals surface area contributed by atoms with Crippen molar-refractivity contribution in [2.45, 2.75) is 119 Å². The van der Waals surface area contributed by atoms with E-state index in [1.807, 2.05) is 30.9 Å². The summed E-state index contributed by atoms with van der Waals surface area (Å²) in [7, 11) is 0. The molecule has 1 heterocycles. The Morgan fingerprint density at radius 2 is 1.60 bits per heavy atom. The maximum Gasteiger partial charge on any atom is 0.317 e. The van der Waals surface area contributed by atoms with Crippen molar-refractivity contribution in [1.82, 2.24) is 10.2 Å². The highest BCUT2D eigenvalue weighted by molar-refractivity contribution is 6.03. The number of carbonyl (C=O) groups is 3. The van der Waals surface area contributed by atoms with Crippen LogP contribution in [0.3, 0.4) is 0 Å². The van der Waals surface area contributed by atoms with Crippen LogP contribution in [0, 0.1) is 57.3 Å². The first-order valence-electron chi connectivity index (χ1n) is 16.9. The molecule has 6 nitrogen and oxygen atoms in total. The molecule has 2 amide bonds. The monoisotopic (exact) mass is 587 g/mol. The largest absolute Gasteiger partial charge is 0.332 e. The third-order valence-corrected chi connectivity index (χ3v) is 14.3. The van der Waals surface area contributed by atoms with E-state index in [1.54, 1.807) is 0 Å². The van der Waals surface area contributed by atoms with Crippen molar-refractivity contribution in [2.24, 2.45) is 50.7 Å². The van der Waals surface area contributed by atoms with Gasteiger partial charge in [-0.3, -0.25) is 4.79 Å². The van der Waals surface area contributed by atoms with E-state index in [-0.39, 0.29) is 62.8 Å². The number of allylic oxidation sites excluding steroid dienone is 4.